The van der Waals surface area contributed by atoms with Crippen LogP contribution in [0.25, 0.3) is 0 Å². The predicted molar refractivity (Wildman–Crippen MR) is 86.8 cm³/mol. The van der Waals surface area contributed by atoms with E-state index in [0.717, 1.165) is 31.2 Å². The van der Waals surface area contributed by atoms with Gasteiger partial charge < -0.3 is 0 Å². The highest BCUT2D eigenvalue weighted by Crippen LogP contribution is 2.43. The van der Waals surface area contributed by atoms with Gasteiger partial charge in [-0.3, -0.25) is 4.79 Å². The normalized spacial score (nSPS) is 16.9. The molecule has 0 aliphatic heterocycles. The molecule has 0 aromatic heterocycles. The minimum absolute atomic E-state index is 0.300. The largest absolute Gasteiger partial charge is 0.293 e. The van der Waals surface area contributed by atoms with Crippen LogP contribution < -0.4 is 0 Å². The molecule has 1 saturated carbocycles. The van der Waals surface area contributed by atoms with Gasteiger partial charge in [0.1, 0.15) is 0 Å². The van der Waals surface area contributed by atoms with Gasteiger partial charge >= 0.3 is 0 Å². The number of hydrogen-bond acceptors (Lipinski definition) is 1. The van der Waals surface area contributed by atoms with E-state index in [0.29, 0.717) is 5.78 Å². The van der Waals surface area contributed by atoms with E-state index >= 15 is 0 Å². The van der Waals surface area contributed by atoms with Gasteiger partial charge in [-0.05, 0) is 49.4 Å². The number of ketones is 1. The zero-order valence-electron chi connectivity index (χ0n) is 12.9. The van der Waals surface area contributed by atoms with Gasteiger partial charge in [0.25, 0.3) is 0 Å². The lowest BCUT2D eigenvalue weighted by Gasteiger charge is -2.28. The molecule has 0 saturated heterocycles. The number of benzene rings is 2. The fourth-order valence-electron chi connectivity index (χ4n) is 3.54. The summed E-state index contributed by atoms with van der Waals surface area (Å²) < 4.78 is 0. The second-order valence-corrected chi connectivity index (χ2v) is 6.28. The maximum absolute atomic E-state index is 13.2. The third kappa shape index (κ3) is 2.42. The molecular formula is C20H22O. The first-order valence-electron chi connectivity index (χ1n) is 7.81. The molecule has 0 unspecified atom stereocenters. The Morgan fingerprint density at radius 3 is 2.19 bits per heavy atom. The minimum Gasteiger partial charge on any atom is -0.293 e. The number of rotatable bonds is 3. The highest BCUT2D eigenvalue weighted by molar-refractivity contribution is 6.04. The molecule has 0 bridgehead atoms. The first-order chi connectivity index (χ1) is 10.1. The molecule has 0 heterocycles. The van der Waals surface area contributed by atoms with Gasteiger partial charge in [0.2, 0.25) is 0 Å². The summed E-state index contributed by atoms with van der Waals surface area (Å²) >= 11 is 0. The van der Waals surface area contributed by atoms with Crippen LogP contribution in [0, 0.1) is 13.8 Å². The molecule has 1 nitrogen and oxygen atoms in total. The van der Waals surface area contributed by atoms with E-state index in [4.69, 9.17) is 0 Å². The van der Waals surface area contributed by atoms with Crippen molar-refractivity contribution >= 4 is 5.78 Å². The van der Waals surface area contributed by atoms with E-state index in [9.17, 15) is 4.79 Å². The molecule has 1 aliphatic rings. The first-order valence-corrected chi connectivity index (χ1v) is 7.81. The fourth-order valence-corrected chi connectivity index (χ4v) is 3.54. The molecule has 1 aliphatic carbocycles. The van der Waals surface area contributed by atoms with Crippen molar-refractivity contribution in [3.8, 4) is 0 Å². The zero-order valence-corrected chi connectivity index (χ0v) is 12.9. The fraction of sp³-hybridized carbons (Fsp3) is 0.350. The number of carbonyl (C=O) groups excluding carboxylic acids is 1. The van der Waals surface area contributed by atoms with Gasteiger partial charge in [0.15, 0.2) is 5.78 Å². The van der Waals surface area contributed by atoms with Crippen molar-refractivity contribution in [1.29, 1.82) is 0 Å². The Bertz CT molecular complexity index is 649. The van der Waals surface area contributed by atoms with Crippen LogP contribution in [-0.2, 0) is 5.41 Å². The maximum atomic E-state index is 13.2. The van der Waals surface area contributed by atoms with Crippen molar-refractivity contribution in [3.63, 3.8) is 0 Å². The van der Waals surface area contributed by atoms with Crippen molar-refractivity contribution < 1.29 is 4.79 Å². The molecule has 108 valence electrons. The van der Waals surface area contributed by atoms with E-state index in [1.54, 1.807) is 0 Å². The standard InChI is InChI=1S/C20H22O/c1-15-10-11-17(14-16(15)2)19(21)20(12-6-7-13-20)18-8-4-3-5-9-18/h3-5,8-11,14H,6-7,12-13H2,1-2H3. The lowest BCUT2D eigenvalue weighted by molar-refractivity contribution is 0.0886. The lowest BCUT2D eigenvalue weighted by Crippen LogP contribution is -2.33. The van der Waals surface area contributed by atoms with Crippen molar-refractivity contribution in [2.24, 2.45) is 0 Å². The van der Waals surface area contributed by atoms with E-state index in [-0.39, 0.29) is 5.41 Å². The topological polar surface area (TPSA) is 17.1 Å². The first kappa shape index (κ1) is 14.1. The maximum Gasteiger partial charge on any atom is 0.173 e. The Hall–Kier alpha value is -1.89. The second kappa shape index (κ2) is 5.48. The van der Waals surface area contributed by atoms with E-state index in [1.165, 1.54) is 16.7 Å². The van der Waals surface area contributed by atoms with Crippen molar-refractivity contribution in [2.45, 2.75) is 44.9 Å². The highest BCUT2D eigenvalue weighted by atomic mass is 16.1. The Balaban J connectivity index is 2.05. The predicted octanol–water partition coefficient (Wildman–Crippen LogP) is 5.00. The quantitative estimate of drug-likeness (QED) is 0.722. The van der Waals surface area contributed by atoms with Crippen LogP contribution in [0.3, 0.4) is 0 Å². The Kier molecular flexibility index (Phi) is 3.67. The lowest BCUT2D eigenvalue weighted by atomic mass is 9.73. The number of Topliss-reactive ketones (excluding diaryl/α,β-unsaturated/α-hetero) is 1. The molecule has 0 amide bonds. The number of hydrogen-bond donors (Lipinski definition) is 0. The Labute approximate surface area is 127 Å². The van der Waals surface area contributed by atoms with Gasteiger partial charge in [0, 0.05) is 5.56 Å². The molecule has 1 fully saturated rings. The molecule has 2 aromatic rings. The Morgan fingerprint density at radius 2 is 1.57 bits per heavy atom. The van der Waals surface area contributed by atoms with Crippen LogP contribution >= 0.6 is 0 Å². The molecule has 0 radical (unpaired) electrons. The summed E-state index contributed by atoms with van der Waals surface area (Å²) in [6.07, 6.45) is 4.24. The monoisotopic (exact) mass is 278 g/mol. The van der Waals surface area contributed by atoms with Crippen LogP contribution in [0.1, 0.15) is 52.7 Å². The summed E-state index contributed by atoms with van der Waals surface area (Å²) in [7, 11) is 0. The molecule has 1 heteroatoms. The second-order valence-electron chi connectivity index (χ2n) is 6.28. The van der Waals surface area contributed by atoms with Crippen molar-refractivity contribution in [1.82, 2.24) is 0 Å². The summed E-state index contributed by atoms with van der Waals surface area (Å²) in [5.74, 6) is 0.300. The van der Waals surface area contributed by atoms with Gasteiger partial charge in [-0.25, -0.2) is 0 Å². The third-order valence-corrected chi connectivity index (χ3v) is 4.99. The van der Waals surface area contributed by atoms with Crippen LogP contribution in [0.5, 0.6) is 0 Å². The van der Waals surface area contributed by atoms with Gasteiger partial charge in [-0.2, -0.15) is 0 Å². The highest BCUT2D eigenvalue weighted by Gasteiger charge is 2.42. The number of aryl methyl sites for hydroxylation is 2. The van der Waals surface area contributed by atoms with E-state index in [1.807, 2.05) is 24.3 Å². The molecule has 2 aromatic carbocycles. The summed E-state index contributed by atoms with van der Waals surface area (Å²) in [5.41, 5.74) is 4.19. The molecule has 0 atom stereocenters. The van der Waals surface area contributed by atoms with Crippen molar-refractivity contribution in [3.05, 3.63) is 70.8 Å². The average molecular weight is 278 g/mol. The summed E-state index contributed by atoms with van der Waals surface area (Å²) in [4.78, 5) is 13.2. The van der Waals surface area contributed by atoms with E-state index in [2.05, 4.69) is 38.1 Å². The average Bonchev–Trinajstić information content (AvgIpc) is 3.01. The molecule has 0 N–H and O–H groups in total. The van der Waals surface area contributed by atoms with Gasteiger partial charge in [-0.15, -0.1) is 0 Å². The third-order valence-electron chi connectivity index (χ3n) is 4.99. The van der Waals surface area contributed by atoms with Crippen LogP contribution in [-0.4, -0.2) is 5.78 Å². The van der Waals surface area contributed by atoms with Crippen LogP contribution in [0.2, 0.25) is 0 Å². The minimum atomic E-state index is -0.303. The van der Waals surface area contributed by atoms with Crippen LogP contribution in [0.4, 0.5) is 0 Å². The summed E-state index contributed by atoms with van der Waals surface area (Å²) in [5, 5.41) is 0. The van der Waals surface area contributed by atoms with Gasteiger partial charge in [0.05, 0.1) is 5.41 Å². The zero-order chi connectivity index (χ0) is 14.9. The molecule has 21 heavy (non-hydrogen) atoms. The van der Waals surface area contributed by atoms with Gasteiger partial charge in [-0.1, -0.05) is 55.3 Å². The number of carbonyl (C=O) groups is 1. The smallest absolute Gasteiger partial charge is 0.173 e. The molecule has 0 spiro atoms. The molecule has 3 rings (SSSR count). The van der Waals surface area contributed by atoms with E-state index < -0.39 is 0 Å². The Morgan fingerprint density at radius 1 is 0.905 bits per heavy atom. The van der Waals surface area contributed by atoms with Crippen LogP contribution in [0.15, 0.2) is 48.5 Å². The van der Waals surface area contributed by atoms with Crippen molar-refractivity contribution in [2.75, 3.05) is 0 Å². The summed E-state index contributed by atoms with van der Waals surface area (Å²) in [6, 6.07) is 16.5. The SMILES string of the molecule is Cc1ccc(C(=O)C2(c3ccccc3)CCCC2)cc1C. The molecular weight excluding hydrogens is 256 g/mol. The summed E-state index contributed by atoms with van der Waals surface area (Å²) in [6.45, 7) is 4.17.